The van der Waals surface area contributed by atoms with Gasteiger partial charge in [0.25, 0.3) is 11.8 Å². The molecule has 6 nitrogen and oxygen atoms in total. The number of carbonyl (C=O) groups is 1. The van der Waals surface area contributed by atoms with Crippen LogP contribution in [0.25, 0.3) is 11.5 Å². The fraction of sp³-hybridized carbons (Fsp3) is 0.111. The number of aromatic nitrogens is 2. The lowest BCUT2D eigenvalue weighted by Gasteiger charge is -2.17. The van der Waals surface area contributed by atoms with Crippen LogP contribution in [0.4, 0.5) is 5.69 Å². The van der Waals surface area contributed by atoms with Crippen LogP contribution < -0.4 is 4.90 Å². The average Bonchev–Trinajstić information content (AvgIpc) is 3.07. The van der Waals surface area contributed by atoms with Gasteiger partial charge in [-0.05, 0) is 49.4 Å². The van der Waals surface area contributed by atoms with Crippen molar-refractivity contribution in [3.63, 3.8) is 0 Å². The summed E-state index contributed by atoms with van der Waals surface area (Å²) >= 11 is 0. The number of carbonyl (C=O) groups excluding carboxylic acids is 1. The maximum atomic E-state index is 12.6. The second kappa shape index (κ2) is 6.34. The SMILES string of the molecule is Cc1noc(-c2ccc(C(=O)N(C)c3cccc(C#N)c3)cc2)n1. The summed E-state index contributed by atoms with van der Waals surface area (Å²) in [5.74, 6) is 0.808. The molecule has 0 N–H and O–H groups in total. The van der Waals surface area contributed by atoms with Gasteiger partial charge in [0.1, 0.15) is 0 Å². The Labute approximate surface area is 139 Å². The van der Waals surface area contributed by atoms with Crippen LogP contribution in [0.3, 0.4) is 0 Å². The van der Waals surface area contributed by atoms with Gasteiger partial charge >= 0.3 is 0 Å². The Hall–Kier alpha value is -3.46. The minimum Gasteiger partial charge on any atom is -0.334 e. The average molecular weight is 318 g/mol. The Kier molecular flexibility index (Phi) is 4.08. The molecule has 1 amide bonds. The van der Waals surface area contributed by atoms with E-state index in [4.69, 9.17) is 9.78 Å². The van der Waals surface area contributed by atoms with Gasteiger partial charge in [0.2, 0.25) is 0 Å². The molecule has 0 unspecified atom stereocenters. The molecule has 0 radical (unpaired) electrons. The van der Waals surface area contributed by atoms with Crippen LogP contribution in [0, 0.1) is 18.3 Å². The van der Waals surface area contributed by atoms with Crippen molar-refractivity contribution in [3.8, 4) is 17.5 Å². The lowest BCUT2D eigenvalue weighted by Crippen LogP contribution is -2.26. The minimum absolute atomic E-state index is 0.168. The van der Waals surface area contributed by atoms with Crippen LogP contribution in [-0.4, -0.2) is 23.1 Å². The molecule has 0 aliphatic rings. The first-order valence-corrected chi connectivity index (χ1v) is 7.27. The molecule has 0 bridgehead atoms. The standard InChI is InChI=1S/C18H14N4O2/c1-12-20-17(24-21-12)14-6-8-15(9-7-14)18(23)22(2)16-5-3-4-13(10-16)11-19/h3-10H,1-2H3. The van der Waals surface area contributed by atoms with E-state index in [0.29, 0.717) is 28.5 Å². The van der Waals surface area contributed by atoms with Crippen molar-refractivity contribution in [2.75, 3.05) is 11.9 Å². The summed E-state index contributed by atoms with van der Waals surface area (Å²) in [5, 5.41) is 12.7. The lowest BCUT2D eigenvalue weighted by atomic mass is 10.1. The highest BCUT2D eigenvalue weighted by molar-refractivity contribution is 6.05. The molecule has 1 heterocycles. The predicted octanol–water partition coefficient (Wildman–Crippen LogP) is 3.19. The Morgan fingerprint density at radius 3 is 2.58 bits per heavy atom. The second-order valence-electron chi connectivity index (χ2n) is 5.25. The molecule has 0 saturated carbocycles. The third-order valence-electron chi connectivity index (χ3n) is 3.57. The van der Waals surface area contributed by atoms with Crippen LogP contribution in [0.5, 0.6) is 0 Å². The molecule has 2 aromatic carbocycles. The van der Waals surface area contributed by atoms with Crippen molar-refractivity contribution in [2.45, 2.75) is 6.92 Å². The number of hydrogen-bond acceptors (Lipinski definition) is 5. The third-order valence-corrected chi connectivity index (χ3v) is 3.57. The zero-order valence-corrected chi connectivity index (χ0v) is 13.2. The molecule has 3 aromatic rings. The molecule has 0 aliphatic heterocycles. The van der Waals surface area contributed by atoms with E-state index in [-0.39, 0.29) is 5.91 Å². The molecule has 6 heteroatoms. The maximum absolute atomic E-state index is 12.6. The summed E-state index contributed by atoms with van der Waals surface area (Å²) in [5.41, 5.74) is 2.45. The van der Waals surface area contributed by atoms with Crippen LogP contribution >= 0.6 is 0 Å². The molecular formula is C18H14N4O2. The zero-order chi connectivity index (χ0) is 17.1. The fourth-order valence-electron chi connectivity index (χ4n) is 2.26. The molecule has 24 heavy (non-hydrogen) atoms. The Balaban J connectivity index is 1.83. The van der Waals surface area contributed by atoms with Crippen molar-refractivity contribution in [1.82, 2.24) is 10.1 Å². The smallest absolute Gasteiger partial charge is 0.258 e. The number of anilines is 1. The minimum atomic E-state index is -0.168. The summed E-state index contributed by atoms with van der Waals surface area (Å²) in [6.07, 6.45) is 0. The van der Waals surface area contributed by atoms with Crippen molar-refractivity contribution < 1.29 is 9.32 Å². The Bertz CT molecular complexity index is 923. The number of amides is 1. The first-order chi connectivity index (χ1) is 11.6. The molecule has 0 fully saturated rings. The summed E-state index contributed by atoms with van der Waals surface area (Å²) in [4.78, 5) is 18.2. The van der Waals surface area contributed by atoms with E-state index in [2.05, 4.69) is 16.2 Å². The molecule has 3 rings (SSSR count). The molecule has 0 aliphatic carbocycles. The van der Waals surface area contributed by atoms with Gasteiger partial charge in [-0.2, -0.15) is 10.2 Å². The second-order valence-corrected chi connectivity index (χ2v) is 5.25. The molecule has 0 saturated heterocycles. The number of benzene rings is 2. The molecule has 0 spiro atoms. The number of nitrogens with zero attached hydrogens (tertiary/aromatic N) is 4. The van der Waals surface area contributed by atoms with E-state index in [1.807, 2.05) is 0 Å². The molecule has 1 aromatic heterocycles. The van der Waals surface area contributed by atoms with Gasteiger partial charge in [0.15, 0.2) is 5.82 Å². The fourth-order valence-corrected chi connectivity index (χ4v) is 2.26. The van der Waals surface area contributed by atoms with Gasteiger partial charge in [-0.1, -0.05) is 11.2 Å². The van der Waals surface area contributed by atoms with E-state index in [0.717, 1.165) is 5.56 Å². The summed E-state index contributed by atoms with van der Waals surface area (Å²) in [6, 6.07) is 15.9. The quantitative estimate of drug-likeness (QED) is 0.740. The van der Waals surface area contributed by atoms with E-state index in [1.165, 1.54) is 4.90 Å². The van der Waals surface area contributed by atoms with Crippen LogP contribution in [0.15, 0.2) is 53.1 Å². The van der Waals surface area contributed by atoms with Crippen LogP contribution in [0.1, 0.15) is 21.7 Å². The molecule has 118 valence electrons. The number of hydrogen-bond donors (Lipinski definition) is 0. The zero-order valence-electron chi connectivity index (χ0n) is 13.2. The van der Waals surface area contributed by atoms with Gasteiger partial charge in [0.05, 0.1) is 11.6 Å². The number of rotatable bonds is 3. The van der Waals surface area contributed by atoms with Crippen molar-refractivity contribution in [3.05, 3.63) is 65.5 Å². The van der Waals surface area contributed by atoms with Gasteiger partial charge in [0, 0.05) is 23.9 Å². The first kappa shape index (κ1) is 15.4. The first-order valence-electron chi connectivity index (χ1n) is 7.27. The summed E-state index contributed by atoms with van der Waals surface area (Å²) in [6.45, 7) is 1.75. The summed E-state index contributed by atoms with van der Waals surface area (Å²) in [7, 11) is 1.67. The Morgan fingerprint density at radius 1 is 1.21 bits per heavy atom. The van der Waals surface area contributed by atoms with E-state index in [1.54, 1.807) is 62.5 Å². The highest BCUT2D eigenvalue weighted by Gasteiger charge is 2.15. The lowest BCUT2D eigenvalue weighted by molar-refractivity contribution is 0.0993. The Morgan fingerprint density at radius 2 is 1.96 bits per heavy atom. The molecule has 0 atom stereocenters. The maximum Gasteiger partial charge on any atom is 0.258 e. The van der Waals surface area contributed by atoms with Gasteiger partial charge < -0.3 is 9.42 Å². The van der Waals surface area contributed by atoms with E-state index in [9.17, 15) is 4.79 Å². The van der Waals surface area contributed by atoms with Gasteiger partial charge in [-0.15, -0.1) is 0 Å². The number of aryl methyl sites for hydroxylation is 1. The van der Waals surface area contributed by atoms with Crippen LogP contribution in [0.2, 0.25) is 0 Å². The highest BCUT2D eigenvalue weighted by atomic mass is 16.5. The normalized spacial score (nSPS) is 10.2. The number of nitriles is 1. The monoisotopic (exact) mass is 318 g/mol. The largest absolute Gasteiger partial charge is 0.334 e. The van der Waals surface area contributed by atoms with E-state index < -0.39 is 0 Å². The van der Waals surface area contributed by atoms with E-state index >= 15 is 0 Å². The van der Waals surface area contributed by atoms with Crippen molar-refractivity contribution in [2.24, 2.45) is 0 Å². The van der Waals surface area contributed by atoms with Crippen molar-refractivity contribution >= 4 is 11.6 Å². The van der Waals surface area contributed by atoms with Gasteiger partial charge in [-0.25, -0.2) is 0 Å². The van der Waals surface area contributed by atoms with Gasteiger partial charge in [-0.3, -0.25) is 4.79 Å². The van der Waals surface area contributed by atoms with Crippen LogP contribution in [-0.2, 0) is 0 Å². The molecular weight excluding hydrogens is 304 g/mol. The highest BCUT2D eigenvalue weighted by Crippen LogP contribution is 2.20. The predicted molar refractivity (Wildman–Crippen MR) is 88.4 cm³/mol. The third kappa shape index (κ3) is 3.01. The summed E-state index contributed by atoms with van der Waals surface area (Å²) < 4.78 is 5.11. The van der Waals surface area contributed by atoms with Crippen molar-refractivity contribution in [1.29, 1.82) is 5.26 Å². The topological polar surface area (TPSA) is 83.0 Å².